The predicted octanol–water partition coefficient (Wildman–Crippen LogP) is 6.91. The van der Waals surface area contributed by atoms with Crippen molar-refractivity contribution in [3.8, 4) is 0 Å². The Bertz CT molecular complexity index is 1250. The van der Waals surface area contributed by atoms with Crippen LogP contribution in [0.5, 0.6) is 0 Å². The molecule has 4 rings (SSSR count). The number of rotatable bonds is 5. The third-order valence-electron chi connectivity index (χ3n) is 4.98. The van der Waals surface area contributed by atoms with Crippen LogP contribution in [0.3, 0.4) is 0 Å². The number of halogens is 2. The summed E-state index contributed by atoms with van der Waals surface area (Å²) in [5, 5.41) is 4.31. The Morgan fingerprint density at radius 3 is 2.09 bits per heavy atom. The number of nitrogens with zero attached hydrogens (tertiary/aromatic N) is 1. The van der Waals surface area contributed by atoms with Crippen LogP contribution in [-0.4, -0.2) is 11.8 Å². The van der Waals surface area contributed by atoms with E-state index in [1.807, 2.05) is 63.2 Å². The van der Waals surface area contributed by atoms with Gasteiger partial charge in [-0.1, -0.05) is 47.1 Å². The minimum Gasteiger partial charge on any atom is -0.350 e. The maximum atomic E-state index is 13.5. The third-order valence-corrected chi connectivity index (χ3v) is 6.73. The molecule has 3 aromatic rings. The molecule has 0 aromatic heterocycles. The van der Waals surface area contributed by atoms with Crippen LogP contribution in [-0.2, 0) is 9.59 Å². The monoisotopic (exact) mass is 482 g/mol. The number of carbonyl (C=O) groups excluding carboxylic acids is 2. The van der Waals surface area contributed by atoms with Crippen LogP contribution in [0.15, 0.2) is 76.2 Å². The smallest absolute Gasteiger partial charge is 0.283 e. The first-order valence-electron chi connectivity index (χ1n) is 9.91. The highest BCUT2D eigenvalue weighted by atomic mass is 35.5. The van der Waals surface area contributed by atoms with Crippen LogP contribution < -0.4 is 10.2 Å². The lowest BCUT2D eigenvalue weighted by Crippen LogP contribution is -2.32. The van der Waals surface area contributed by atoms with Crippen molar-refractivity contribution in [3.63, 3.8) is 0 Å². The van der Waals surface area contributed by atoms with E-state index in [9.17, 15) is 9.59 Å². The van der Waals surface area contributed by atoms with Gasteiger partial charge in [-0.3, -0.25) is 9.59 Å². The van der Waals surface area contributed by atoms with Crippen molar-refractivity contribution in [2.24, 2.45) is 0 Å². The summed E-state index contributed by atoms with van der Waals surface area (Å²) in [6.07, 6.45) is 0. The maximum Gasteiger partial charge on any atom is 0.283 e. The van der Waals surface area contributed by atoms with E-state index in [4.69, 9.17) is 23.2 Å². The van der Waals surface area contributed by atoms with Gasteiger partial charge in [0.15, 0.2) is 0 Å². The van der Waals surface area contributed by atoms with Gasteiger partial charge in [-0.05, 0) is 86.0 Å². The maximum absolute atomic E-state index is 13.5. The fourth-order valence-electron chi connectivity index (χ4n) is 3.46. The van der Waals surface area contributed by atoms with Gasteiger partial charge in [0.2, 0.25) is 0 Å². The number of thioether (sulfide) groups is 1. The number of hydrogen-bond acceptors (Lipinski definition) is 4. The summed E-state index contributed by atoms with van der Waals surface area (Å²) in [6.45, 7) is 5.77. The van der Waals surface area contributed by atoms with Crippen molar-refractivity contribution in [2.45, 2.75) is 25.7 Å². The molecule has 7 heteroatoms. The minimum atomic E-state index is -0.409. The number of amides is 2. The van der Waals surface area contributed by atoms with E-state index in [2.05, 4.69) is 5.32 Å². The molecule has 1 aliphatic rings. The molecule has 1 aliphatic heterocycles. The minimum absolute atomic E-state index is 0.217. The molecule has 0 spiro atoms. The van der Waals surface area contributed by atoms with E-state index in [0.717, 1.165) is 21.6 Å². The van der Waals surface area contributed by atoms with E-state index in [1.165, 1.54) is 16.7 Å². The fourth-order valence-corrected chi connectivity index (χ4v) is 4.70. The van der Waals surface area contributed by atoms with Crippen LogP contribution in [0.1, 0.15) is 16.7 Å². The van der Waals surface area contributed by atoms with Crippen molar-refractivity contribution < 1.29 is 9.59 Å². The molecule has 3 aromatic carbocycles. The summed E-state index contributed by atoms with van der Waals surface area (Å²) in [6, 6.07) is 18.2. The SMILES string of the molecule is Cc1cc(C)cc(N2C(=O)C(Nc3ccc(C)c(Cl)c3)=C(Sc3ccc(Cl)cc3)C2=O)c1. The van der Waals surface area contributed by atoms with Gasteiger partial charge < -0.3 is 5.32 Å². The summed E-state index contributed by atoms with van der Waals surface area (Å²) >= 11 is 13.5. The third kappa shape index (κ3) is 4.56. The Labute approximate surface area is 201 Å². The highest BCUT2D eigenvalue weighted by Gasteiger charge is 2.40. The Balaban J connectivity index is 1.77. The number of hydrogen-bond donors (Lipinski definition) is 1. The van der Waals surface area contributed by atoms with Crippen LogP contribution in [0, 0.1) is 20.8 Å². The zero-order chi connectivity index (χ0) is 23.0. The van der Waals surface area contributed by atoms with Crippen molar-refractivity contribution in [3.05, 3.63) is 98.0 Å². The van der Waals surface area contributed by atoms with E-state index in [1.54, 1.807) is 18.2 Å². The first-order chi connectivity index (χ1) is 15.2. The standard InChI is InChI=1S/C25H20Cl2N2O2S/c1-14-10-15(2)12-19(11-14)29-24(30)22(28-18-7-4-16(3)21(27)13-18)23(25(29)31)32-20-8-5-17(26)6-9-20/h4-13,28H,1-3H3. The van der Waals surface area contributed by atoms with Crippen molar-refractivity contribution in [2.75, 3.05) is 10.2 Å². The fraction of sp³-hybridized carbons (Fsp3) is 0.120. The molecule has 0 atom stereocenters. The molecule has 4 nitrogen and oxygen atoms in total. The van der Waals surface area contributed by atoms with Gasteiger partial charge in [0.25, 0.3) is 11.8 Å². The molecule has 0 unspecified atom stereocenters. The first-order valence-corrected chi connectivity index (χ1v) is 11.5. The Morgan fingerprint density at radius 1 is 0.812 bits per heavy atom. The number of anilines is 2. The zero-order valence-electron chi connectivity index (χ0n) is 17.7. The highest BCUT2D eigenvalue weighted by molar-refractivity contribution is 8.04. The molecule has 0 saturated carbocycles. The van der Waals surface area contributed by atoms with Crippen LogP contribution in [0.4, 0.5) is 11.4 Å². The number of aryl methyl sites for hydroxylation is 3. The summed E-state index contributed by atoms with van der Waals surface area (Å²) in [5.41, 5.74) is 4.26. The first kappa shape index (κ1) is 22.5. The Morgan fingerprint density at radius 2 is 1.47 bits per heavy atom. The zero-order valence-corrected chi connectivity index (χ0v) is 20.0. The van der Waals surface area contributed by atoms with Crippen molar-refractivity contribution >= 4 is 58.2 Å². The van der Waals surface area contributed by atoms with Gasteiger partial charge in [-0.15, -0.1) is 0 Å². The molecule has 32 heavy (non-hydrogen) atoms. The average Bonchev–Trinajstić information content (AvgIpc) is 2.95. The van der Waals surface area contributed by atoms with Gasteiger partial charge in [-0.2, -0.15) is 0 Å². The summed E-state index contributed by atoms with van der Waals surface area (Å²) < 4.78 is 0. The number of benzene rings is 3. The van der Waals surface area contributed by atoms with E-state index in [-0.39, 0.29) is 11.6 Å². The molecule has 0 aliphatic carbocycles. The molecule has 1 N–H and O–H groups in total. The predicted molar refractivity (Wildman–Crippen MR) is 133 cm³/mol. The van der Waals surface area contributed by atoms with Gasteiger partial charge >= 0.3 is 0 Å². The van der Waals surface area contributed by atoms with E-state index in [0.29, 0.717) is 26.3 Å². The van der Waals surface area contributed by atoms with Crippen LogP contribution in [0.25, 0.3) is 0 Å². The lowest BCUT2D eigenvalue weighted by atomic mass is 10.1. The van der Waals surface area contributed by atoms with Crippen LogP contribution >= 0.6 is 35.0 Å². The lowest BCUT2D eigenvalue weighted by Gasteiger charge is -2.17. The van der Waals surface area contributed by atoms with Gasteiger partial charge in [0.1, 0.15) is 10.6 Å². The second-order valence-electron chi connectivity index (χ2n) is 7.64. The molecule has 162 valence electrons. The van der Waals surface area contributed by atoms with E-state index >= 15 is 0 Å². The van der Waals surface area contributed by atoms with Crippen LogP contribution in [0.2, 0.25) is 10.0 Å². The molecule has 0 fully saturated rings. The number of nitrogens with one attached hydrogen (secondary N) is 1. The summed E-state index contributed by atoms with van der Waals surface area (Å²) in [4.78, 5) is 29.3. The molecule has 2 amide bonds. The van der Waals surface area contributed by atoms with Crippen molar-refractivity contribution in [1.82, 2.24) is 0 Å². The highest BCUT2D eigenvalue weighted by Crippen LogP contribution is 2.38. The molecular formula is C25H20Cl2N2O2S. The molecule has 1 heterocycles. The molecule has 0 bridgehead atoms. The summed E-state index contributed by atoms with van der Waals surface area (Å²) in [5.74, 6) is -0.784. The second kappa shape index (κ2) is 9.02. The van der Waals surface area contributed by atoms with Gasteiger partial charge in [0, 0.05) is 20.6 Å². The van der Waals surface area contributed by atoms with Gasteiger partial charge in [-0.25, -0.2) is 4.90 Å². The molecule has 0 radical (unpaired) electrons. The quantitative estimate of drug-likeness (QED) is 0.401. The normalized spacial score (nSPS) is 13.8. The lowest BCUT2D eigenvalue weighted by molar-refractivity contribution is -0.120. The molecular weight excluding hydrogens is 463 g/mol. The number of imide groups is 1. The van der Waals surface area contributed by atoms with Gasteiger partial charge in [0.05, 0.1) is 5.69 Å². The number of carbonyl (C=O) groups is 2. The Hall–Kier alpha value is -2.73. The molecule has 0 saturated heterocycles. The average molecular weight is 483 g/mol. The topological polar surface area (TPSA) is 49.4 Å². The van der Waals surface area contributed by atoms with E-state index < -0.39 is 5.91 Å². The second-order valence-corrected chi connectivity index (χ2v) is 9.57. The van der Waals surface area contributed by atoms with Crippen molar-refractivity contribution in [1.29, 1.82) is 0 Å². The Kier molecular flexibility index (Phi) is 6.33. The largest absolute Gasteiger partial charge is 0.350 e. The summed E-state index contributed by atoms with van der Waals surface area (Å²) in [7, 11) is 0.